The predicted octanol–water partition coefficient (Wildman–Crippen LogP) is 6.18. The number of halogens is 3. The average molecular weight is 611 g/mol. The van der Waals surface area contributed by atoms with E-state index >= 15 is 0 Å². The highest BCUT2D eigenvalue weighted by atomic mass is 35.5. The molecule has 0 radical (unpaired) electrons. The maximum Gasteiger partial charge on any atom is 0.264 e. The Kier molecular flexibility index (Phi) is 11.1. The molecule has 0 aliphatic rings. The van der Waals surface area contributed by atoms with Crippen LogP contribution in [0.25, 0.3) is 0 Å². The first kappa shape index (κ1) is 30.8. The third-order valence-corrected chi connectivity index (χ3v) is 8.70. The van der Waals surface area contributed by atoms with Crippen LogP contribution in [0.15, 0.2) is 77.7 Å². The SMILES string of the molecule is CCCCNC(=O)[C@@H](C)N(Cc1ccc(Cl)cc1Cl)C(=O)CN(c1ccccc1)S(=O)(=O)c1ccc(Cl)cc1. The highest BCUT2D eigenvalue weighted by Crippen LogP contribution is 2.27. The molecule has 7 nitrogen and oxygen atoms in total. The monoisotopic (exact) mass is 609 g/mol. The van der Waals surface area contributed by atoms with Crippen LogP contribution in [0.5, 0.6) is 0 Å². The molecule has 3 rings (SSSR count). The Morgan fingerprint density at radius 3 is 2.18 bits per heavy atom. The van der Waals surface area contributed by atoms with Crippen molar-refractivity contribution in [1.82, 2.24) is 10.2 Å². The number of nitrogens with zero attached hydrogens (tertiary/aromatic N) is 2. The largest absolute Gasteiger partial charge is 0.354 e. The quantitative estimate of drug-likeness (QED) is 0.248. The zero-order chi connectivity index (χ0) is 28.6. The molecule has 0 fully saturated rings. The lowest BCUT2D eigenvalue weighted by Gasteiger charge is -2.32. The number of hydrogen-bond donors (Lipinski definition) is 1. The number of nitrogens with one attached hydrogen (secondary N) is 1. The van der Waals surface area contributed by atoms with Gasteiger partial charge in [-0.25, -0.2) is 8.42 Å². The number of unbranched alkanes of at least 4 members (excludes halogenated alkanes) is 1. The van der Waals surface area contributed by atoms with E-state index in [1.54, 1.807) is 55.5 Å². The summed E-state index contributed by atoms with van der Waals surface area (Å²) in [6.07, 6.45) is 1.68. The summed E-state index contributed by atoms with van der Waals surface area (Å²) in [4.78, 5) is 28.2. The maximum atomic E-state index is 13.9. The second kappa shape index (κ2) is 14.0. The molecule has 0 heterocycles. The summed E-state index contributed by atoms with van der Waals surface area (Å²) in [5.74, 6) is -0.936. The van der Waals surface area contributed by atoms with Gasteiger partial charge in [-0.1, -0.05) is 72.4 Å². The van der Waals surface area contributed by atoms with Gasteiger partial charge in [-0.05, 0) is 67.4 Å². The fraction of sp³-hybridized carbons (Fsp3) is 0.286. The van der Waals surface area contributed by atoms with Crippen molar-refractivity contribution in [3.8, 4) is 0 Å². The number of rotatable bonds is 12. The van der Waals surface area contributed by atoms with Crippen molar-refractivity contribution in [2.75, 3.05) is 17.4 Å². The lowest BCUT2D eigenvalue weighted by molar-refractivity contribution is -0.139. The summed E-state index contributed by atoms with van der Waals surface area (Å²) in [5.41, 5.74) is 0.861. The first-order valence-electron chi connectivity index (χ1n) is 12.4. The van der Waals surface area contributed by atoms with Gasteiger partial charge in [-0.15, -0.1) is 0 Å². The second-order valence-corrected chi connectivity index (χ2v) is 12.0. The molecule has 3 aromatic carbocycles. The van der Waals surface area contributed by atoms with E-state index in [-0.39, 0.29) is 17.3 Å². The summed E-state index contributed by atoms with van der Waals surface area (Å²) in [7, 11) is -4.17. The van der Waals surface area contributed by atoms with Gasteiger partial charge in [0, 0.05) is 28.2 Å². The van der Waals surface area contributed by atoms with E-state index in [0.29, 0.717) is 32.9 Å². The van der Waals surface area contributed by atoms with Gasteiger partial charge in [0.2, 0.25) is 11.8 Å². The van der Waals surface area contributed by atoms with E-state index in [9.17, 15) is 18.0 Å². The van der Waals surface area contributed by atoms with Crippen LogP contribution in [-0.4, -0.2) is 44.3 Å². The summed E-state index contributed by atoms with van der Waals surface area (Å²) in [6, 6.07) is 18.0. The Morgan fingerprint density at radius 2 is 1.56 bits per heavy atom. The number of hydrogen-bond acceptors (Lipinski definition) is 4. The van der Waals surface area contributed by atoms with Gasteiger partial charge in [0.05, 0.1) is 10.6 Å². The number of carbonyl (C=O) groups is 2. The molecule has 0 bridgehead atoms. The fourth-order valence-electron chi connectivity index (χ4n) is 3.81. The number of para-hydroxylation sites is 1. The zero-order valence-corrected chi connectivity index (χ0v) is 24.7. The summed E-state index contributed by atoms with van der Waals surface area (Å²) >= 11 is 18.4. The van der Waals surface area contributed by atoms with Crippen molar-refractivity contribution in [3.63, 3.8) is 0 Å². The van der Waals surface area contributed by atoms with Crippen LogP contribution in [0.4, 0.5) is 5.69 Å². The molecular formula is C28H30Cl3N3O4S. The van der Waals surface area contributed by atoms with Gasteiger partial charge >= 0.3 is 0 Å². The topological polar surface area (TPSA) is 86.8 Å². The lowest BCUT2D eigenvalue weighted by atomic mass is 10.1. The summed E-state index contributed by atoms with van der Waals surface area (Å²) in [6.45, 7) is 3.49. The minimum Gasteiger partial charge on any atom is -0.354 e. The molecule has 0 unspecified atom stereocenters. The molecule has 0 aliphatic carbocycles. The van der Waals surface area contributed by atoms with Crippen molar-refractivity contribution >= 4 is 62.3 Å². The Labute approximate surface area is 244 Å². The molecule has 208 valence electrons. The molecule has 3 aromatic rings. The first-order valence-corrected chi connectivity index (χ1v) is 15.0. The second-order valence-electron chi connectivity index (χ2n) is 8.88. The highest BCUT2D eigenvalue weighted by molar-refractivity contribution is 7.92. The van der Waals surface area contributed by atoms with Crippen LogP contribution < -0.4 is 9.62 Å². The fourth-order valence-corrected chi connectivity index (χ4v) is 5.82. The Balaban J connectivity index is 1.99. The van der Waals surface area contributed by atoms with Crippen molar-refractivity contribution in [2.45, 2.75) is 44.2 Å². The highest BCUT2D eigenvalue weighted by Gasteiger charge is 2.32. The number of amides is 2. The number of carbonyl (C=O) groups excluding carboxylic acids is 2. The van der Waals surface area contributed by atoms with Crippen molar-refractivity contribution in [1.29, 1.82) is 0 Å². The standard InChI is InChI=1S/C28H30Cl3N3O4S/c1-3-4-16-32-28(36)20(2)33(18-21-10-11-23(30)17-26(21)31)27(35)19-34(24-8-6-5-7-9-24)39(37,38)25-14-12-22(29)13-15-25/h5-15,17,20H,3-4,16,18-19H2,1-2H3,(H,32,36)/t20-/m1/s1. The van der Waals surface area contributed by atoms with E-state index in [1.807, 2.05) is 6.92 Å². The number of sulfonamides is 1. The minimum atomic E-state index is -4.17. The molecular weight excluding hydrogens is 581 g/mol. The molecule has 0 spiro atoms. The van der Waals surface area contributed by atoms with E-state index in [1.165, 1.54) is 29.2 Å². The van der Waals surface area contributed by atoms with Crippen molar-refractivity contribution < 1.29 is 18.0 Å². The third kappa shape index (κ3) is 8.11. The Bertz CT molecular complexity index is 1390. The molecule has 0 saturated heterocycles. The molecule has 1 N–H and O–H groups in total. The maximum absolute atomic E-state index is 13.9. The van der Waals surface area contributed by atoms with Gasteiger partial charge in [0.25, 0.3) is 10.0 Å². The van der Waals surface area contributed by atoms with E-state index in [4.69, 9.17) is 34.8 Å². The van der Waals surface area contributed by atoms with E-state index < -0.39 is 28.5 Å². The normalized spacial score (nSPS) is 12.0. The van der Waals surface area contributed by atoms with Crippen LogP contribution in [0.3, 0.4) is 0 Å². The van der Waals surface area contributed by atoms with Crippen LogP contribution in [0.2, 0.25) is 15.1 Å². The van der Waals surface area contributed by atoms with Crippen LogP contribution in [0.1, 0.15) is 32.3 Å². The van der Waals surface area contributed by atoms with E-state index in [0.717, 1.165) is 17.1 Å². The van der Waals surface area contributed by atoms with Crippen molar-refractivity contribution in [2.24, 2.45) is 0 Å². The van der Waals surface area contributed by atoms with Crippen LogP contribution >= 0.6 is 34.8 Å². The molecule has 0 aromatic heterocycles. The van der Waals surface area contributed by atoms with Gasteiger partial charge in [0.1, 0.15) is 12.6 Å². The van der Waals surface area contributed by atoms with Crippen molar-refractivity contribution in [3.05, 3.63) is 93.4 Å². The molecule has 39 heavy (non-hydrogen) atoms. The Morgan fingerprint density at radius 1 is 0.923 bits per heavy atom. The molecule has 0 saturated carbocycles. The lowest BCUT2D eigenvalue weighted by Crippen LogP contribution is -2.51. The van der Waals surface area contributed by atoms with Gasteiger partial charge in [-0.3, -0.25) is 13.9 Å². The smallest absolute Gasteiger partial charge is 0.264 e. The average Bonchev–Trinajstić information content (AvgIpc) is 2.91. The third-order valence-electron chi connectivity index (χ3n) is 6.08. The van der Waals surface area contributed by atoms with Crippen LogP contribution in [-0.2, 0) is 26.2 Å². The minimum absolute atomic E-state index is 0.0267. The molecule has 0 aliphatic heterocycles. The number of benzene rings is 3. The summed E-state index contributed by atoms with van der Waals surface area (Å²) < 4.78 is 28.5. The van der Waals surface area contributed by atoms with Crippen LogP contribution in [0, 0.1) is 0 Å². The predicted molar refractivity (Wildman–Crippen MR) is 157 cm³/mol. The van der Waals surface area contributed by atoms with E-state index in [2.05, 4.69) is 5.32 Å². The molecule has 11 heteroatoms. The zero-order valence-electron chi connectivity index (χ0n) is 21.6. The molecule has 2 amide bonds. The first-order chi connectivity index (χ1) is 18.5. The molecule has 1 atom stereocenters. The Hall–Kier alpha value is -2.78. The van der Waals surface area contributed by atoms with Gasteiger partial charge in [0.15, 0.2) is 0 Å². The number of anilines is 1. The van der Waals surface area contributed by atoms with Gasteiger partial charge < -0.3 is 10.2 Å². The van der Waals surface area contributed by atoms with Gasteiger partial charge in [-0.2, -0.15) is 0 Å². The summed E-state index contributed by atoms with van der Waals surface area (Å²) in [5, 5.41) is 3.98.